The molecule has 1 aliphatic carbocycles. The number of halogens is 3. The molecule has 0 saturated heterocycles. The van der Waals surface area contributed by atoms with Gasteiger partial charge in [-0.25, -0.2) is 8.78 Å². The number of hydrogen-bond acceptors (Lipinski definition) is 1. The van der Waals surface area contributed by atoms with E-state index in [1.807, 2.05) is 0 Å². The minimum Gasteiger partial charge on any atom is -0.344 e. The van der Waals surface area contributed by atoms with Crippen LogP contribution in [0.2, 0.25) is 0 Å². The zero-order chi connectivity index (χ0) is 6.43. The van der Waals surface area contributed by atoms with E-state index in [0.717, 1.165) is 0 Å². The fraction of sp³-hybridized carbons (Fsp3) is 0.143. The molecule has 1 atom stereocenters. The lowest BCUT2D eigenvalue weighted by atomic mass is 10.4. The predicted molar refractivity (Wildman–Crippen MR) is 41.6 cm³/mol. The normalized spacial score (nSPS) is 17.5. The van der Waals surface area contributed by atoms with Gasteiger partial charge in [-0.3, -0.25) is 0 Å². The lowest BCUT2D eigenvalue weighted by Gasteiger charge is -1.77. The Balaban J connectivity index is 0.000000500. The molecule has 0 bridgehead atoms. The molecule has 4 heteroatoms. The Morgan fingerprint density at radius 1 is 1.27 bits per heavy atom. The summed E-state index contributed by atoms with van der Waals surface area (Å²) in [6.07, 6.45) is -1.11. The average molecular weight is 180 g/mol. The van der Waals surface area contributed by atoms with E-state index in [1.165, 1.54) is 12.1 Å². The molecule has 1 aromatic carbocycles. The molecular formula is C7H8ClF2N. The zero-order valence-electron chi connectivity index (χ0n) is 5.68. The molecule has 0 aromatic heterocycles. The van der Waals surface area contributed by atoms with Crippen molar-refractivity contribution in [3.8, 4) is 0 Å². The van der Waals surface area contributed by atoms with Crippen molar-refractivity contribution >= 4 is 12.4 Å². The number of rotatable bonds is 0. The van der Waals surface area contributed by atoms with E-state index in [0.29, 0.717) is 5.56 Å². The number of fused-ring (bicyclic) bond motifs is 1. The van der Waals surface area contributed by atoms with Crippen molar-refractivity contribution in [2.45, 2.75) is 6.17 Å². The average Bonchev–Trinajstić information content (AvgIpc) is 2.45. The highest BCUT2D eigenvalue weighted by molar-refractivity contribution is 5.85. The molecule has 1 unspecified atom stereocenters. The Hall–Kier alpha value is -0.670. The molecule has 0 spiro atoms. The van der Waals surface area contributed by atoms with Gasteiger partial charge in [0.25, 0.3) is 0 Å². The minimum absolute atomic E-state index is 0. The molecule has 0 heterocycles. The van der Waals surface area contributed by atoms with Crippen molar-refractivity contribution in [1.29, 1.82) is 0 Å². The van der Waals surface area contributed by atoms with Crippen molar-refractivity contribution in [3.05, 3.63) is 35.1 Å². The van der Waals surface area contributed by atoms with Crippen molar-refractivity contribution in [2.75, 3.05) is 0 Å². The van der Waals surface area contributed by atoms with Crippen LogP contribution in [0.1, 0.15) is 17.3 Å². The smallest absolute Gasteiger partial charge is 0.154 e. The fourth-order valence-corrected chi connectivity index (χ4v) is 0.969. The van der Waals surface area contributed by atoms with Crippen LogP contribution >= 0.6 is 12.4 Å². The van der Waals surface area contributed by atoms with Crippen LogP contribution in [0.15, 0.2) is 18.2 Å². The third-order valence-corrected chi connectivity index (χ3v) is 1.53. The Kier molecular flexibility index (Phi) is 2.96. The van der Waals surface area contributed by atoms with Gasteiger partial charge in [0.05, 0.1) is 0 Å². The van der Waals surface area contributed by atoms with Crippen LogP contribution in [-0.2, 0) is 0 Å². The van der Waals surface area contributed by atoms with Crippen molar-refractivity contribution in [1.82, 2.24) is 6.15 Å². The highest BCUT2D eigenvalue weighted by Gasteiger charge is 2.35. The van der Waals surface area contributed by atoms with Crippen LogP contribution in [0.5, 0.6) is 0 Å². The van der Waals surface area contributed by atoms with Crippen LogP contribution in [0, 0.1) is 5.82 Å². The summed E-state index contributed by atoms with van der Waals surface area (Å²) >= 11 is 0. The molecule has 0 aliphatic heterocycles. The Morgan fingerprint density at radius 3 is 2.36 bits per heavy atom. The second-order valence-corrected chi connectivity index (χ2v) is 2.11. The monoisotopic (exact) mass is 179 g/mol. The molecule has 0 saturated carbocycles. The van der Waals surface area contributed by atoms with Gasteiger partial charge in [0.15, 0.2) is 6.17 Å². The van der Waals surface area contributed by atoms with Gasteiger partial charge in [0.2, 0.25) is 0 Å². The van der Waals surface area contributed by atoms with E-state index >= 15 is 0 Å². The Labute approximate surface area is 69.4 Å². The van der Waals surface area contributed by atoms with E-state index in [9.17, 15) is 8.78 Å². The topological polar surface area (TPSA) is 35.0 Å². The maximum Gasteiger partial charge on any atom is 0.154 e. The standard InChI is InChI=1S/C7H4F2.ClH.H3N/c8-5-3-1-2-4-6(5)7(4)9;;/h1-3,7H;1H;1H3. The fourth-order valence-electron chi connectivity index (χ4n) is 0.969. The lowest BCUT2D eigenvalue weighted by Crippen LogP contribution is -1.66. The summed E-state index contributed by atoms with van der Waals surface area (Å²) in [4.78, 5) is 0. The molecule has 11 heavy (non-hydrogen) atoms. The van der Waals surface area contributed by atoms with E-state index in [2.05, 4.69) is 0 Å². The summed E-state index contributed by atoms with van der Waals surface area (Å²) < 4.78 is 24.7. The van der Waals surface area contributed by atoms with E-state index in [1.54, 1.807) is 6.07 Å². The molecule has 2 rings (SSSR count). The summed E-state index contributed by atoms with van der Waals surface area (Å²) in [7, 11) is 0. The van der Waals surface area contributed by atoms with Crippen LogP contribution in [0.25, 0.3) is 0 Å². The van der Waals surface area contributed by atoms with Gasteiger partial charge in [0.1, 0.15) is 5.82 Å². The number of alkyl halides is 1. The summed E-state index contributed by atoms with van der Waals surface area (Å²) in [5.41, 5.74) is 0.757. The summed E-state index contributed by atoms with van der Waals surface area (Å²) in [5, 5.41) is 0. The highest BCUT2D eigenvalue weighted by atomic mass is 35.5. The third-order valence-electron chi connectivity index (χ3n) is 1.53. The van der Waals surface area contributed by atoms with Gasteiger partial charge < -0.3 is 6.15 Å². The van der Waals surface area contributed by atoms with Crippen molar-refractivity contribution in [3.63, 3.8) is 0 Å². The lowest BCUT2D eigenvalue weighted by molar-refractivity contribution is 0.458. The zero-order valence-corrected chi connectivity index (χ0v) is 6.50. The first-order valence-corrected chi connectivity index (χ1v) is 2.73. The molecule has 1 nitrogen and oxygen atoms in total. The SMILES string of the molecule is Cl.Fc1cccc2c1C2F.N. The molecule has 0 fully saturated rings. The molecule has 1 aliphatic rings. The second kappa shape index (κ2) is 3.15. The Morgan fingerprint density at radius 2 is 1.91 bits per heavy atom. The van der Waals surface area contributed by atoms with Gasteiger partial charge in [-0.15, -0.1) is 12.4 Å². The Bertz CT molecular complexity index is 265. The van der Waals surface area contributed by atoms with Gasteiger partial charge in [-0.05, 0) is 11.6 Å². The van der Waals surface area contributed by atoms with Crippen molar-refractivity contribution in [2.24, 2.45) is 0 Å². The summed E-state index contributed by atoms with van der Waals surface area (Å²) in [6.45, 7) is 0. The minimum atomic E-state index is -1.11. The molecular weight excluding hydrogens is 172 g/mol. The summed E-state index contributed by atoms with van der Waals surface area (Å²) in [6, 6.07) is 4.40. The van der Waals surface area contributed by atoms with Gasteiger partial charge in [0, 0.05) is 5.56 Å². The van der Waals surface area contributed by atoms with Gasteiger partial charge in [-0.1, -0.05) is 12.1 Å². The maximum atomic E-state index is 12.4. The van der Waals surface area contributed by atoms with Crippen LogP contribution in [-0.4, -0.2) is 0 Å². The van der Waals surface area contributed by atoms with E-state index in [-0.39, 0.29) is 24.1 Å². The van der Waals surface area contributed by atoms with E-state index in [4.69, 9.17) is 0 Å². The van der Waals surface area contributed by atoms with Gasteiger partial charge >= 0.3 is 0 Å². The first-order chi connectivity index (χ1) is 4.30. The molecule has 62 valence electrons. The summed E-state index contributed by atoms with van der Waals surface area (Å²) in [5.74, 6) is -0.417. The molecule has 3 N–H and O–H groups in total. The molecule has 1 aromatic rings. The maximum absolute atomic E-state index is 12.4. The van der Waals surface area contributed by atoms with Crippen molar-refractivity contribution < 1.29 is 8.78 Å². The van der Waals surface area contributed by atoms with E-state index < -0.39 is 12.0 Å². The highest BCUT2D eigenvalue weighted by Crippen LogP contribution is 2.45. The third kappa shape index (κ3) is 1.34. The first kappa shape index (κ1) is 10.3. The predicted octanol–water partition coefficient (Wildman–Crippen LogP) is 2.78. The van der Waals surface area contributed by atoms with Crippen LogP contribution in [0.3, 0.4) is 0 Å². The van der Waals surface area contributed by atoms with Crippen LogP contribution in [0.4, 0.5) is 8.78 Å². The number of benzene rings is 1. The quantitative estimate of drug-likeness (QED) is 0.653. The number of hydrogen-bond donors (Lipinski definition) is 1. The molecule has 0 amide bonds. The first-order valence-electron chi connectivity index (χ1n) is 2.73. The van der Waals surface area contributed by atoms with Gasteiger partial charge in [-0.2, -0.15) is 0 Å². The molecule has 0 radical (unpaired) electrons. The second-order valence-electron chi connectivity index (χ2n) is 2.11. The van der Waals surface area contributed by atoms with Crippen LogP contribution < -0.4 is 6.15 Å². The largest absolute Gasteiger partial charge is 0.344 e.